The Bertz CT molecular complexity index is 1260. The average Bonchev–Trinajstić information content (AvgIpc) is 3.20. The molecule has 182 valence electrons. The van der Waals surface area contributed by atoms with Crippen LogP contribution in [-0.2, 0) is 11.3 Å². The molecule has 2 amide bonds. The van der Waals surface area contributed by atoms with Gasteiger partial charge in [-0.25, -0.2) is 8.78 Å². The van der Waals surface area contributed by atoms with Crippen LogP contribution < -0.4 is 19.5 Å². The van der Waals surface area contributed by atoms with E-state index in [1.807, 2.05) is 12.1 Å². The molecule has 0 aromatic heterocycles. The number of ether oxygens (including phenoxy) is 3. The number of carbonyl (C=O) groups excluding carboxylic acids is 2. The lowest BCUT2D eigenvalue weighted by molar-refractivity contribution is -0.117. The van der Waals surface area contributed by atoms with Crippen molar-refractivity contribution in [3.8, 4) is 17.2 Å². The first kappa shape index (κ1) is 24.0. The summed E-state index contributed by atoms with van der Waals surface area (Å²) in [6.07, 6.45) is -0.155. The summed E-state index contributed by atoms with van der Waals surface area (Å²) >= 11 is 0. The molecular formula is C26H24F2N2O5. The summed E-state index contributed by atoms with van der Waals surface area (Å²) in [5, 5.41) is 2.58. The highest BCUT2D eigenvalue weighted by molar-refractivity contribution is 5.99. The summed E-state index contributed by atoms with van der Waals surface area (Å²) in [5.74, 6) is -1.68. The van der Waals surface area contributed by atoms with Crippen LogP contribution in [0.2, 0.25) is 0 Å². The van der Waals surface area contributed by atoms with E-state index in [0.29, 0.717) is 34.9 Å². The normalized spacial score (nSPS) is 13.3. The SMILES string of the molecule is COc1cc([C@@H](CC(=O)Nc2ccc(F)c(F)c2)N2Cc3ccccc3C2=O)cc(OC)c1OC. The van der Waals surface area contributed by atoms with Gasteiger partial charge in [0.2, 0.25) is 11.7 Å². The van der Waals surface area contributed by atoms with Crippen molar-refractivity contribution in [3.63, 3.8) is 0 Å². The molecule has 3 aromatic carbocycles. The summed E-state index contributed by atoms with van der Waals surface area (Å²) in [7, 11) is 4.43. The number of nitrogens with zero attached hydrogens (tertiary/aromatic N) is 1. The Morgan fingerprint density at radius 1 is 0.971 bits per heavy atom. The zero-order valence-corrected chi connectivity index (χ0v) is 19.4. The molecule has 0 fully saturated rings. The molecule has 1 N–H and O–H groups in total. The van der Waals surface area contributed by atoms with Gasteiger partial charge < -0.3 is 24.4 Å². The van der Waals surface area contributed by atoms with Gasteiger partial charge in [-0.1, -0.05) is 18.2 Å². The summed E-state index contributed by atoms with van der Waals surface area (Å²) in [6.45, 7) is 0.300. The van der Waals surface area contributed by atoms with Crippen molar-refractivity contribution < 1.29 is 32.6 Å². The fraction of sp³-hybridized carbons (Fsp3) is 0.231. The molecule has 7 nitrogen and oxygen atoms in total. The lowest BCUT2D eigenvalue weighted by atomic mass is 10.00. The molecule has 1 heterocycles. The monoisotopic (exact) mass is 482 g/mol. The van der Waals surface area contributed by atoms with Crippen molar-refractivity contribution in [1.29, 1.82) is 0 Å². The predicted octanol–water partition coefficient (Wildman–Crippen LogP) is 4.72. The molecule has 0 saturated heterocycles. The Balaban J connectivity index is 1.71. The van der Waals surface area contributed by atoms with E-state index in [-0.39, 0.29) is 18.0 Å². The summed E-state index contributed by atoms with van der Waals surface area (Å²) in [5.41, 5.74) is 2.09. The van der Waals surface area contributed by atoms with Crippen molar-refractivity contribution in [2.75, 3.05) is 26.6 Å². The minimum Gasteiger partial charge on any atom is -0.493 e. The van der Waals surface area contributed by atoms with Gasteiger partial charge in [0.15, 0.2) is 23.1 Å². The number of hydrogen-bond donors (Lipinski definition) is 1. The van der Waals surface area contributed by atoms with E-state index in [0.717, 1.165) is 17.7 Å². The number of rotatable bonds is 8. The van der Waals surface area contributed by atoms with E-state index < -0.39 is 23.6 Å². The summed E-state index contributed by atoms with van der Waals surface area (Å²) in [4.78, 5) is 27.9. The molecule has 1 aliphatic rings. The predicted molar refractivity (Wildman–Crippen MR) is 125 cm³/mol. The number of halogens is 2. The second-order valence-electron chi connectivity index (χ2n) is 7.95. The molecular weight excluding hydrogens is 458 g/mol. The van der Waals surface area contributed by atoms with E-state index in [9.17, 15) is 18.4 Å². The van der Waals surface area contributed by atoms with Crippen LogP contribution in [0.3, 0.4) is 0 Å². The third-order valence-corrected chi connectivity index (χ3v) is 5.88. The quantitative estimate of drug-likeness (QED) is 0.503. The largest absolute Gasteiger partial charge is 0.493 e. The van der Waals surface area contributed by atoms with E-state index in [4.69, 9.17) is 14.2 Å². The van der Waals surface area contributed by atoms with E-state index in [1.165, 1.54) is 27.4 Å². The molecule has 3 aromatic rings. The number of carbonyl (C=O) groups is 2. The molecule has 4 rings (SSSR count). The standard InChI is InChI=1S/C26H24F2N2O5/c1-33-22-10-16(11-23(34-2)25(22)35-3)21(30-14-15-6-4-5-7-18(15)26(30)32)13-24(31)29-17-8-9-19(27)20(28)12-17/h4-12,21H,13-14H2,1-3H3,(H,29,31)/t21-/m1/s1. The number of amides is 2. The molecule has 0 aliphatic carbocycles. The Morgan fingerprint density at radius 3 is 2.26 bits per heavy atom. The van der Waals surface area contributed by atoms with Gasteiger partial charge in [0, 0.05) is 23.9 Å². The number of hydrogen-bond acceptors (Lipinski definition) is 5. The minimum atomic E-state index is -1.07. The Kier molecular flexibility index (Phi) is 6.86. The fourth-order valence-corrected chi connectivity index (χ4v) is 4.19. The van der Waals surface area contributed by atoms with Crippen LogP contribution >= 0.6 is 0 Å². The van der Waals surface area contributed by atoms with Crippen LogP contribution in [0.5, 0.6) is 17.2 Å². The van der Waals surface area contributed by atoms with Gasteiger partial charge in [-0.05, 0) is 41.5 Å². The Labute approximate surface area is 201 Å². The molecule has 0 saturated carbocycles. The topological polar surface area (TPSA) is 77.1 Å². The van der Waals surface area contributed by atoms with Gasteiger partial charge in [0.05, 0.1) is 33.8 Å². The Morgan fingerprint density at radius 2 is 1.66 bits per heavy atom. The van der Waals surface area contributed by atoms with Crippen LogP contribution in [0.1, 0.15) is 33.9 Å². The number of methoxy groups -OCH3 is 3. The zero-order chi connectivity index (χ0) is 25.1. The van der Waals surface area contributed by atoms with Crippen molar-refractivity contribution in [1.82, 2.24) is 4.90 Å². The van der Waals surface area contributed by atoms with Gasteiger partial charge in [0.1, 0.15) is 0 Å². The lowest BCUT2D eigenvalue weighted by Gasteiger charge is -2.29. The first-order chi connectivity index (χ1) is 16.9. The zero-order valence-electron chi connectivity index (χ0n) is 19.4. The van der Waals surface area contributed by atoms with E-state index in [1.54, 1.807) is 29.2 Å². The summed E-state index contributed by atoms with van der Waals surface area (Å²) < 4.78 is 43.2. The van der Waals surface area contributed by atoms with Crippen molar-refractivity contribution in [3.05, 3.63) is 82.9 Å². The number of benzene rings is 3. The maximum atomic E-state index is 13.6. The second-order valence-corrected chi connectivity index (χ2v) is 7.95. The van der Waals surface area contributed by atoms with Crippen molar-refractivity contribution >= 4 is 17.5 Å². The van der Waals surface area contributed by atoms with Gasteiger partial charge in [-0.3, -0.25) is 9.59 Å². The number of fused-ring (bicyclic) bond motifs is 1. The molecule has 35 heavy (non-hydrogen) atoms. The average molecular weight is 482 g/mol. The highest BCUT2D eigenvalue weighted by Crippen LogP contribution is 2.43. The van der Waals surface area contributed by atoms with Gasteiger partial charge in [-0.15, -0.1) is 0 Å². The maximum absolute atomic E-state index is 13.6. The van der Waals surface area contributed by atoms with E-state index >= 15 is 0 Å². The van der Waals surface area contributed by atoms with Gasteiger partial charge in [-0.2, -0.15) is 0 Å². The molecule has 1 atom stereocenters. The molecule has 0 bridgehead atoms. The van der Waals surface area contributed by atoms with Crippen LogP contribution in [-0.4, -0.2) is 38.0 Å². The third-order valence-electron chi connectivity index (χ3n) is 5.88. The van der Waals surface area contributed by atoms with Crippen LogP contribution in [0.4, 0.5) is 14.5 Å². The molecule has 0 unspecified atom stereocenters. The lowest BCUT2D eigenvalue weighted by Crippen LogP contribution is -2.32. The van der Waals surface area contributed by atoms with Crippen molar-refractivity contribution in [2.45, 2.75) is 19.0 Å². The van der Waals surface area contributed by atoms with E-state index in [2.05, 4.69) is 5.32 Å². The van der Waals surface area contributed by atoms with Gasteiger partial charge in [0.25, 0.3) is 5.91 Å². The third kappa shape index (κ3) is 4.75. The minimum absolute atomic E-state index is 0.105. The first-order valence-electron chi connectivity index (χ1n) is 10.8. The van der Waals surface area contributed by atoms with Crippen molar-refractivity contribution in [2.24, 2.45) is 0 Å². The number of anilines is 1. The van der Waals surface area contributed by atoms with Crippen LogP contribution in [0.25, 0.3) is 0 Å². The fourth-order valence-electron chi connectivity index (χ4n) is 4.19. The second kappa shape index (κ2) is 10.0. The molecule has 1 aliphatic heterocycles. The molecule has 0 spiro atoms. The van der Waals surface area contributed by atoms with Gasteiger partial charge >= 0.3 is 0 Å². The molecule has 0 radical (unpaired) electrons. The molecule has 9 heteroatoms. The highest BCUT2D eigenvalue weighted by Gasteiger charge is 2.35. The maximum Gasteiger partial charge on any atom is 0.255 e. The summed E-state index contributed by atoms with van der Waals surface area (Å²) in [6, 6.07) is 13.0. The first-order valence-corrected chi connectivity index (χ1v) is 10.8. The van der Waals surface area contributed by atoms with Crippen LogP contribution in [0.15, 0.2) is 54.6 Å². The Hall–Kier alpha value is -4.14. The highest BCUT2D eigenvalue weighted by atomic mass is 19.2. The van der Waals surface area contributed by atoms with Crippen LogP contribution in [0, 0.1) is 11.6 Å². The smallest absolute Gasteiger partial charge is 0.255 e. The number of nitrogens with one attached hydrogen (secondary N) is 1.